The van der Waals surface area contributed by atoms with Gasteiger partial charge in [-0.05, 0) is 54.0 Å². The van der Waals surface area contributed by atoms with E-state index in [0.717, 1.165) is 19.4 Å². The summed E-state index contributed by atoms with van der Waals surface area (Å²) in [6, 6.07) is 2.33. The molecule has 2 aliphatic heterocycles. The third-order valence-electron chi connectivity index (χ3n) is 5.00. The van der Waals surface area contributed by atoms with Gasteiger partial charge in [0, 0.05) is 6.61 Å². The predicted octanol–water partition coefficient (Wildman–Crippen LogP) is 2.52. The molecular weight excluding hydrogens is 284 g/mol. The van der Waals surface area contributed by atoms with E-state index in [-0.39, 0.29) is 30.3 Å². The van der Waals surface area contributed by atoms with Crippen molar-refractivity contribution >= 4 is 17.2 Å². The monoisotopic (exact) mass is 306 g/mol. The van der Waals surface area contributed by atoms with Crippen molar-refractivity contribution in [2.75, 3.05) is 6.61 Å². The van der Waals surface area contributed by atoms with E-state index >= 15 is 0 Å². The van der Waals surface area contributed by atoms with E-state index in [9.17, 15) is 4.79 Å². The molecule has 2 saturated heterocycles. The highest BCUT2D eigenvalue weighted by Gasteiger charge is 2.50. The minimum atomic E-state index is -0.0460. The fourth-order valence-corrected chi connectivity index (χ4v) is 4.44. The average Bonchev–Trinajstić information content (AvgIpc) is 2.94. The van der Waals surface area contributed by atoms with Crippen LogP contribution < -0.4 is 5.32 Å². The van der Waals surface area contributed by atoms with Crippen molar-refractivity contribution in [2.45, 2.75) is 57.0 Å². The summed E-state index contributed by atoms with van der Waals surface area (Å²) in [5, 5.41) is 7.76. The summed E-state index contributed by atoms with van der Waals surface area (Å²) < 4.78 is 5.97. The molecule has 0 radical (unpaired) electrons. The highest BCUT2D eigenvalue weighted by molar-refractivity contribution is 7.07. The van der Waals surface area contributed by atoms with E-state index < -0.39 is 0 Å². The lowest BCUT2D eigenvalue weighted by Gasteiger charge is -2.33. The van der Waals surface area contributed by atoms with Gasteiger partial charge < -0.3 is 9.64 Å². The first kappa shape index (κ1) is 13.7. The van der Waals surface area contributed by atoms with Gasteiger partial charge in [0.15, 0.2) is 0 Å². The van der Waals surface area contributed by atoms with Crippen LogP contribution in [-0.4, -0.2) is 35.6 Å². The van der Waals surface area contributed by atoms with E-state index in [1.54, 1.807) is 11.3 Å². The maximum atomic E-state index is 12.8. The Hall–Kier alpha value is -0.910. The normalized spacial score (nSPS) is 36.6. The van der Waals surface area contributed by atoms with E-state index in [0.29, 0.717) is 5.92 Å². The highest BCUT2D eigenvalue weighted by atomic mass is 32.1. The van der Waals surface area contributed by atoms with Gasteiger partial charge in [0.25, 0.3) is 0 Å². The number of thiophene rings is 1. The summed E-state index contributed by atoms with van der Waals surface area (Å²) in [5.74, 6) is 0.934. The molecule has 0 bridgehead atoms. The first-order valence-electron chi connectivity index (χ1n) is 8.01. The smallest absolute Gasteiger partial charge is 0.241 e. The van der Waals surface area contributed by atoms with Gasteiger partial charge in [-0.3, -0.25) is 10.1 Å². The Morgan fingerprint density at radius 2 is 2.29 bits per heavy atom. The number of nitrogens with one attached hydrogen (secondary N) is 1. The van der Waals surface area contributed by atoms with Crippen molar-refractivity contribution in [2.24, 2.45) is 5.92 Å². The van der Waals surface area contributed by atoms with E-state index in [1.165, 1.54) is 18.4 Å². The number of carbonyl (C=O) groups excluding carboxylic acids is 1. The van der Waals surface area contributed by atoms with Crippen molar-refractivity contribution in [3.63, 3.8) is 0 Å². The number of carbonyl (C=O) groups is 1. The molecular formula is C16H22N2O2S. The van der Waals surface area contributed by atoms with Crippen LogP contribution in [0, 0.1) is 5.92 Å². The number of rotatable bonds is 4. The van der Waals surface area contributed by atoms with Crippen LogP contribution >= 0.6 is 11.3 Å². The predicted molar refractivity (Wildman–Crippen MR) is 82.0 cm³/mol. The zero-order chi connectivity index (χ0) is 14.4. The van der Waals surface area contributed by atoms with Crippen LogP contribution in [0.5, 0.6) is 0 Å². The third kappa shape index (κ3) is 2.31. The Morgan fingerprint density at radius 3 is 2.95 bits per heavy atom. The fraction of sp³-hybridized carbons (Fsp3) is 0.688. The van der Waals surface area contributed by atoms with Gasteiger partial charge in [-0.25, -0.2) is 0 Å². The molecule has 3 heterocycles. The van der Waals surface area contributed by atoms with Gasteiger partial charge in [0.2, 0.25) is 5.91 Å². The molecule has 0 aromatic carbocycles. The largest absolute Gasteiger partial charge is 0.376 e. The fourth-order valence-electron chi connectivity index (χ4n) is 3.76. The molecule has 1 aromatic rings. The van der Waals surface area contributed by atoms with Crippen LogP contribution in [0.3, 0.4) is 0 Å². The maximum absolute atomic E-state index is 12.8. The van der Waals surface area contributed by atoms with Crippen LogP contribution in [0.2, 0.25) is 0 Å². The van der Waals surface area contributed by atoms with Gasteiger partial charge in [0.1, 0.15) is 6.17 Å². The van der Waals surface area contributed by atoms with Gasteiger partial charge in [-0.15, -0.1) is 0 Å². The van der Waals surface area contributed by atoms with Crippen LogP contribution in [0.15, 0.2) is 16.8 Å². The van der Waals surface area contributed by atoms with Crippen molar-refractivity contribution in [1.82, 2.24) is 10.2 Å². The lowest BCUT2D eigenvalue weighted by Crippen LogP contribution is -2.45. The molecule has 1 aromatic heterocycles. The summed E-state index contributed by atoms with van der Waals surface area (Å²) in [4.78, 5) is 14.9. The van der Waals surface area contributed by atoms with Crippen LogP contribution in [0.1, 0.15) is 44.3 Å². The van der Waals surface area contributed by atoms with Gasteiger partial charge in [0.05, 0.1) is 18.2 Å². The summed E-state index contributed by atoms with van der Waals surface area (Å²) in [5.41, 5.74) is 1.21. The molecule has 4 nitrogen and oxygen atoms in total. The van der Waals surface area contributed by atoms with Crippen molar-refractivity contribution < 1.29 is 9.53 Å². The SMILES string of the molecule is CCC1NC(c2ccsc2)N(C2CCOC2C2CC2)C1=O. The number of hydrogen-bond donors (Lipinski definition) is 1. The van der Waals surface area contributed by atoms with Gasteiger partial charge >= 0.3 is 0 Å². The number of ether oxygens (including phenoxy) is 1. The Labute approximate surface area is 129 Å². The second kappa shape index (κ2) is 5.38. The molecule has 1 amide bonds. The lowest BCUT2D eigenvalue weighted by atomic mass is 10.0. The van der Waals surface area contributed by atoms with Crippen LogP contribution in [0.25, 0.3) is 0 Å². The van der Waals surface area contributed by atoms with Crippen molar-refractivity contribution in [3.8, 4) is 0 Å². The molecule has 1 N–H and O–H groups in total. The molecule has 3 aliphatic rings. The molecule has 3 fully saturated rings. The maximum Gasteiger partial charge on any atom is 0.241 e. The minimum Gasteiger partial charge on any atom is -0.376 e. The van der Waals surface area contributed by atoms with Gasteiger partial charge in [-0.1, -0.05) is 6.92 Å². The Kier molecular flexibility index (Phi) is 3.52. The van der Waals surface area contributed by atoms with Crippen molar-refractivity contribution in [1.29, 1.82) is 0 Å². The molecule has 4 rings (SSSR count). The number of hydrogen-bond acceptors (Lipinski definition) is 4. The molecule has 0 spiro atoms. The van der Waals surface area contributed by atoms with Crippen LogP contribution in [0.4, 0.5) is 0 Å². The molecule has 4 atom stereocenters. The van der Waals surface area contributed by atoms with E-state index in [2.05, 4.69) is 34.0 Å². The molecule has 5 heteroatoms. The topological polar surface area (TPSA) is 41.6 Å². The Balaban J connectivity index is 1.64. The van der Waals surface area contributed by atoms with Crippen LogP contribution in [-0.2, 0) is 9.53 Å². The van der Waals surface area contributed by atoms with E-state index in [1.807, 2.05) is 0 Å². The van der Waals surface area contributed by atoms with Gasteiger partial charge in [-0.2, -0.15) is 11.3 Å². The first-order chi connectivity index (χ1) is 10.3. The third-order valence-corrected chi connectivity index (χ3v) is 5.71. The molecule has 1 saturated carbocycles. The first-order valence-corrected chi connectivity index (χ1v) is 8.95. The molecule has 4 unspecified atom stereocenters. The minimum absolute atomic E-state index is 0.0293. The van der Waals surface area contributed by atoms with Crippen molar-refractivity contribution in [3.05, 3.63) is 22.4 Å². The highest BCUT2D eigenvalue weighted by Crippen LogP contribution is 2.43. The zero-order valence-corrected chi connectivity index (χ0v) is 13.1. The average molecular weight is 306 g/mol. The Bertz CT molecular complexity index is 514. The molecule has 1 aliphatic carbocycles. The summed E-state index contributed by atoms with van der Waals surface area (Å²) in [6.45, 7) is 2.87. The standard InChI is InChI=1S/C16H22N2O2S/c1-2-12-16(19)18(15(17-12)11-6-8-21-9-11)13-5-7-20-14(13)10-3-4-10/h6,8-10,12-15,17H,2-5,7H2,1H3. The zero-order valence-electron chi connectivity index (χ0n) is 12.3. The summed E-state index contributed by atoms with van der Waals surface area (Å²) in [6.07, 6.45) is 4.63. The number of nitrogens with zero attached hydrogens (tertiary/aromatic N) is 1. The Morgan fingerprint density at radius 1 is 1.43 bits per heavy atom. The van der Waals surface area contributed by atoms with E-state index in [4.69, 9.17) is 4.74 Å². The summed E-state index contributed by atoms with van der Waals surface area (Å²) >= 11 is 1.69. The summed E-state index contributed by atoms with van der Waals surface area (Å²) in [7, 11) is 0. The number of amides is 1. The quantitative estimate of drug-likeness (QED) is 0.929. The second-order valence-electron chi connectivity index (χ2n) is 6.36. The second-order valence-corrected chi connectivity index (χ2v) is 7.14. The molecule has 21 heavy (non-hydrogen) atoms. The lowest BCUT2D eigenvalue weighted by molar-refractivity contribution is -0.134. The molecule has 114 valence electrons.